The fourth-order valence-electron chi connectivity index (χ4n) is 1.67. The van der Waals surface area contributed by atoms with Crippen LogP contribution in [0.4, 0.5) is 0 Å². The van der Waals surface area contributed by atoms with Crippen LogP contribution in [0.1, 0.15) is 24.7 Å². The van der Waals surface area contributed by atoms with Crippen LogP contribution >= 0.6 is 0 Å². The molecule has 2 N–H and O–H groups in total. The zero-order valence-corrected chi connectivity index (χ0v) is 9.16. The maximum Gasteiger partial charge on any atom is 0.165 e. The predicted molar refractivity (Wildman–Crippen MR) is 55.5 cm³/mol. The van der Waals surface area contributed by atoms with Gasteiger partial charge in [0.05, 0.1) is 25.8 Å². The third-order valence-electron chi connectivity index (χ3n) is 2.65. The van der Waals surface area contributed by atoms with E-state index in [1.807, 2.05) is 9.58 Å². The van der Waals surface area contributed by atoms with Crippen LogP contribution in [0, 0.1) is 0 Å². The van der Waals surface area contributed by atoms with Crippen molar-refractivity contribution in [1.29, 1.82) is 0 Å². The topological polar surface area (TPSA) is 87.3 Å². The lowest BCUT2D eigenvalue weighted by molar-refractivity contribution is 0.151. The number of tetrazole rings is 1. The molecule has 16 heavy (non-hydrogen) atoms. The van der Waals surface area contributed by atoms with Crippen LogP contribution in [0.25, 0.3) is 0 Å². The molecule has 7 heteroatoms. The van der Waals surface area contributed by atoms with E-state index < -0.39 is 0 Å². The molecule has 0 amide bonds. The van der Waals surface area contributed by atoms with E-state index in [0.29, 0.717) is 25.7 Å². The number of nitrogens with zero attached hydrogens (tertiary/aromatic N) is 5. The van der Waals surface area contributed by atoms with E-state index in [1.165, 1.54) is 0 Å². The summed E-state index contributed by atoms with van der Waals surface area (Å²) in [5.41, 5.74) is 0. The summed E-state index contributed by atoms with van der Waals surface area (Å²) < 4.78 is 1.85. The van der Waals surface area contributed by atoms with Gasteiger partial charge >= 0.3 is 0 Å². The molecule has 0 aliphatic heterocycles. The second kappa shape index (κ2) is 5.33. The van der Waals surface area contributed by atoms with Crippen LogP contribution in [-0.4, -0.2) is 61.6 Å². The lowest BCUT2D eigenvalue weighted by atomic mass is 10.4. The molecule has 0 atom stereocenters. The van der Waals surface area contributed by atoms with Gasteiger partial charge in [-0.2, -0.15) is 0 Å². The molecule has 90 valence electrons. The molecule has 1 aromatic heterocycles. The Kier molecular flexibility index (Phi) is 3.81. The second-order valence-corrected chi connectivity index (χ2v) is 3.99. The van der Waals surface area contributed by atoms with Crippen LogP contribution in [0.5, 0.6) is 0 Å². The van der Waals surface area contributed by atoms with Crippen LogP contribution in [0.3, 0.4) is 0 Å². The predicted octanol–water partition coefficient (Wildman–Crippen LogP) is -1.21. The number of aromatic nitrogens is 4. The maximum absolute atomic E-state index is 8.90. The van der Waals surface area contributed by atoms with Crippen molar-refractivity contribution in [2.75, 3.05) is 26.3 Å². The van der Waals surface area contributed by atoms with Gasteiger partial charge in [-0.25, -0.2) is 4.68 Å². The normalized spacial score (nSPS) is 15.9. The Bertz CT molecular complexity index is 319. The molecule has 0 spiro atoms. The number of aliphatic hydroxyl groups is 2. The van der Waals surface area contributed by atoms with Crippen molar-refractivity contribution in [3.8, 4) is 0 Å². The quantitative estimate of drug-likeness (QED) is 0.608. The average molecular weight is 227 g/mol. The average Bonchev–Trinajstić information content (AvgIpc) is 3.01. The summed E-state index contributed by atoms with van der Waals surface area (Å²) in [6, 6.07) is 0.454. The Morgan fingerprint density at radius 3 is 2.50 bits per heavy atom. The summed E-state index contributed by atoms with van der Waals surface area (Å²) in [6.45, 7) is 1.77. The van der Waals surface area contributed by atoms with Crippen LogP contribution in [0.15, 0.2) is 0 Å². The molecule has 0 unspecified atom stereocenters. The van der Waals surface area contributed by atoms with Crippen LogP contribution in [0.2, 0.25) is 0 Å². The van der Waals surface area contributed by atoms with Gasteiger partial charge < -0.3 is 10.2 Å². The third-order valence-corrected chi connectivity index (χ3v) is 2.65. The summed E-state index contributed by atoms with van der Waals surface area (Å²) in [5.74, 6) is 0.810. The first-order valence-electron chi connectivity index (χ1n) is 5.56. The molecule has 7 nitrogen and oxygen atoms in total. The highest BCUT2D eigenvalue weighted by Gasteiger charge is 2.28. The molecular formula is C9H17N5O2. The van der Waals surface area contributed by atoms with Gasteiger partial charge in [-0.05, 0) is 23.3 Å². The molecule has 0 radical (unpaired) electrons. The molecule has 0 aromatic carbocycles. The third kappa shape index (κ3) is 2.75. The number of aliphatic hydroxyl groups excluding tert-OH is 2. The van der Waals surface area contributed by atoms with E-state index in [9.17, 15) is 0 Å². The summed E-state index contributed by atoms with van der Waals surface area (Å²) in [5, 5.41) is 29.4. The Morgan fingerprint density at radius 2 is 1.94 bits per heavy atom. The smallest absolute Gasteiger partial charge is 0.165 e. The SMILES string of the molecule is OCCN(CCO)Cc1nnnn1C1CC1. The van der Waals surface area contributed by atoms with E-state index in [2.05, 4.69) is 15.5 Å². The van der Waals surface area contributed by atoms with Crippen molar-refractivity contribution in [3.63, 3.8) is 0 Å². The lowest BCUT2D eigenvalue weighted by Crippen LogP contribution is -2.30. The largest absolute Gasteiger partial charge is 0.395 e. The molecule has 1 fully saturated rings. The van der Waals surface area contributed by atoms with Gasteiger partial charge in [0.25, 0.3) is 0 Å². The summed E-state index contributed by atoms with van der Waals surface area (Å²) in [6.07, 6.45) is 2.27. The van der Waals surface area contributed by atoms with Gasteiger partial charge in [-0.15, -0.1) is 5.10 Å². The molecular weight excluding hydrogens is 210 g/mol. The Hall–Kier alpha value is -1.05. The van der Waals surface area contributed by atoms with E-state index in [-0.39, 0.29) is 13.2 Å². The zero-order valence-electron chi connectivity index (χ0n) is 9.16. The van der Waals surface area contributed by atoms with E-state index in [1.54, 1.807) is 0 Å². The highest BCUT2D eigenvalue weighted by atomic mass is 16.3. The van der Waals surface area contributed by atoms with Crippen molar-refractivity contribution in [1.82, 2.24) is 25.1 Å². The van der Waals surface area contributed by atoms with E-state index in [0.717, 1.165) is 18.7 Å². The minimum absolute atomic E-state index is 0.0744. The van der Waals surface area contributed by atoms with Crippen molar-refractivity contribution >= 4 is 0 Å². The van der Waals surface area contributed by atoms with Crippen molar-refractivity contribution in [2.24, 2.45) is 0 Å². The number of rotatable bonds is 7. The van der Waals surface area contributed by atoms with E-state index >= 15 is 0 Å². The standard InChI is InChI=1S/C9H17N5O2/c15-5-3-13(4-6-16)7-9-10-11-12-14(9)8-1-2-8/h8,15-16H,1-7H2. The lowest BCUT2D eigenvalue weighted by Gasteiger charge is -2.19. The zero-order chi connectivity index (χ0) is 11.4. The number of hydrogen-bond acceptors (Lipinski definition) is 6. The van der Waals surface area contributed by atoms with Gasteiger partial charge in [0.1, 0.15) is 0 Å². The van der Waals surface area contributed by atoms with Crippen molar-refractivity contribution in [2.45, 2.75) is 25.4 Å². The highest BCUT2D eigenvalue weighted by molar-refractivity contribution is 4.90. The first-order valence-corrected chi connectivity index (χ1v) is 5.56. The Labute approximate surface area is 93.7 Å². The molecule has 1 aliphatic carbocycles. The minimum atomic E-state index is 0.0744. The fourth-order valence-corrected chi connectivity index (χ4v) is 1.67. The van der Waals surface area contributed by atoms with Gasteiger partial charge in [-0.3, -0.25) is 4.90 Å². The van der Waals surface area contributed by atoms with Gasteiger partial charge in [0, 0.05) is 13.1 Å². The van der Waals surface area contributed by atoms with E-state index in [4.69, 9.17) is 10.2 Å². The summed E-state index contributed by atoms with van der Waals surface area (Å²) >= 11 is 0. The van der Waals surface area contributed by atoms with Gasteiger partial charge in [-0.1, -0.05) is 0 Å². The monoisotopic (exact) mass is 227 g/mol. The molecule has 1 aromatic rings. The molecule has 1 heterocycles. The molecule has 1 saturated carbocycles. The molecule has 0 bridgehead atoms. The number of hydrogen-bond donors (Lipinski definition) is 2. The van der Waals surface area contributed by atoms with Crippen LogP contribution in [-0.2, 0) is 6.54 Å². The summed E-state index contributed by atoms with van der Waals surface area (Å²) in [7, 11) is 0. The Balaban J connectivity index is 1.96. The molecule has 2 rings (SSSR count). The van der Waals surface area contributed by atoms with Crippen molar-refractivity contribution in [3.05, 3.63) is 5.82 Å². The Morgan fingerprint density at radius 1 is 1.25 bits per heavy atom. The van der Waals surface area contributed by atoms with Crippen molar-refractivity contribution < 1.29 is 10.2 Å². The first-order chi connectivity index (χ1) is 7.85. The van der Waals surface area contributed by atoms with Gasteiger partial charge in [0.15, 0.2) is 5.82 Å². The molecule has 1 aliphatic rings. The summed E-state index contributed by atoms with van der Waals surface area (Å²) in [4.78, 5) is 1.94. The highest BCUT2D eigenvalue weighted by Crippen LogP contribution is 2.34. The molecule has 0 saturated heterocycles. The van der Waals surface area contributed by atoms with Gasteiger partial charge in [0.2, 0.25) is 0 Å². The minimum Gasteiger partial charge on any atom is -0.395 e. The first kappa shape index (κ1) is 11.4. The van der Waals surface area contributed by atoms with Crippen LogP contribution < -0.4 is 0 Å². The fraction of sp³-hybridized carbons (Fsp3) is 0.889. The second-order valence-electron chi connectivity index (χ2n) is 3.99. The maximum atomic E-state index is 8.90.